The van der Waals surface area contributed by atoms with E-state index in [9.17, 15) is 4.79 Å². The fraction of sp³-hybridized carbons (Fsp3) is 0.333. The van der Waals surface area contributed by atoms with E-state index in [1.165, 1.54) is 16.8 Å². The maximum atomic E-state index is 13.0. The molecule has 6 nitrogen and oxygen atoms in total. The summed E-state index contributed by atoms with van der Waals surface area (Å²) in [5.41, 5.74) is 5.06. The molecule has 1 fully saturated rings. The molecule has 2 aliphatic rings. The molecule has 0 N–H and O–H groups in total. The number of fused-ring (bicyclic) bond motifs is 2. The van der Waals surface area contributed by atoms with Crippen LogP contribution in [-0.4, -0.2) is 53.3 Å². The van der Waals surface area contributed by atoms with Gasteiger partial charge in [-0.05, 0) is 47.9 Å². The maximum Gasteiger partial charge on any atom is 0.274 e. The van der Waals surface area contributed by atoms with Crippen LogP contribution in [0.25, 0.3) is 5.52 Å². The first-order valence-electron chi connectivity index (χ1n) is 9.56. The number of halogens is 1. The number of hydrogen-bond acceptors (Lipinski definition) is 4. The van der Waals surface area contributed by atoms with Crippen LogP contribution in [0.5, 0.6) is 0 Å². The molecule has 1 amide bonds. The summed E-state index contributed by atoms with van der Waals surface area (Å²) in [4.78, 5) is 17.3. The second-order valence-corrected chi connectivity index (χ2v) is 7.71. The molecule has 2 aromatic heterocycles. The summed E-state index contributed by atoms with van der Waals surface area (Å²) >= 11 is 6.02. The number of carbonyl (C=O) groups excluding carboxylic acids is 1. The zero-order valence-electron chi connectivity index (χ0n) is 15.5. The third-order valence-electron chi connectivity index (χ3n) is 5.51. The van der Waals surface area contributed by atoms with Gasteiger partial charge in [0, 0.05) is 38.1 Å². The first-order chi connectivity index (χ1) is 13.7. The Morgan fingerprint density at radius 3 is 2.75 bits per heavy atom. The van der Waals surface area contributed by atoms with Crippen LogP contribution in [0.1, 0.15) is 21.6 Å². The highest BCUT2D eigenvalue weighted by Gasteiger charge is 2.24. The molecule has 4 heterocycles. The highest BCUT2D eigenvalue weighted by Crippen LogP contribution is 2.26. The maximum absolute atomic E-state index is 13.0. The Labute approximate surface area is 168 Å². The number of morpholine rings is 1. The van der Waals surface area contributed by atoms with Gasteiger partial charge in [0.25, 0.3) is 5.91 Å². The van der Waals surface area contributed by atoms with Gasteiger partial charge in [-0.3, -0.25) is 4.79 Å². The predicted molar refractivity (Wildman–Crippen MR) is 108 cm³/mol. The molecule has 2 aliphatic heterocycles. The van der Waals surface area contributed by atoms with E-state index in [1.54, 1.807) is 16.8 Å². The summed E-state index contributed by atoms with van der Waals surface area (Å²) in [5.74, 6) is -0.0396. The minimum Gasteiger partial charge on any atom is -0.378 e. The van der Waals surface area contributed by atoms with Gasteiger partial charge in [0.15, 0.2) is 5.69 Å². The van der Waals surface area contributed by atoms with E-state index >= 15 is 0 Å². The summed E-state index contributed by atoms with van der Waals surface area (Å²) in [6.45, 7) is 4.66. The van der Waals surface area contributed by atoms with Crippen LogP contribution in [-0.2, 0) is 17.7 Å². The lowest BCUT2D eigenvalue weighted by Crippen LogP contribution is -2.38. The molecule has 0 radical (unpaired) electrons. The molecule has 0 aliphatic carbocycles. The zero-order valence-corrected chi connectivity index (χ0v) is 16.2. The van der Waals surface area contributed by atoms with Crippen LogP contribution in [0.15, 0.2) is 42.6 Å². The molecule has 5 rings (SSSR count). The summed E-state index contributed by atoms with van der Waals surface area (Å²) < 4.78 is 7.11. The molecule has 28 heavy (non-hydrogen) atoms. The minimum absolute atomic E-state index is 0.0396. The van der Waals surface area contributed by atoms with Crippen LogP contribution >= 0.6 is 11.6 Å². The Hall–Kier alpha value is -2.57. The van der Waals surface area contributed by atoms with E-state index in [1.807, 2.05) is 17.0 Å². The van der Waals surface area contributed by atoms with Crippen LogP contribution in [0.2, 0.25) is 5.02 Å². The SMILES string of the molecule is O=C(c1cc2ccc(Cl)cn2n1)N1CCc2ccc(N3CCOCC3)cc2C1. The standard InChI is InChI=1S/C21H21ClN4O2/c22-17-2-4-19-12-20(23-26(19)14-17)21(27)25-6-5-15-1-3-18(11-16(15)13-25)24-7-9-28-10-8-24/h1-4,11-12,14H,5-10,13H2. The lowest BCUT2D eigenvalue weighted by atomic mass is 9.98. The van der Waals surface area contributed by atoms with Crippen molar-refractivity contribution < 1.29 is 9.53 Å². The fourth-order valence-corrected chi connectivity index (χ4v) is 4.12. The van der Waals surface area contributed by atoms with E-state index in [4.69, 9.17) is 16.3 Å². The lowest BCUT2D eigenvalue weighted by molar-refractivity contribution is 0.0728. The quantitative estimate of drug-likeness (QED) is 0.668. The Bertz CT molecular complexity index is 1040. The van der Waals surface area contributed by atoms with Gasteiger partial charge >= 0.3 is 0 Å². The van der Waals surface area contributed by atoms with E-state index in [-0.39, 0.29) is 5.91 Å². The molecular weight excluding hydrogens is 376 g/mol. The van der Waals surface area contributed by atoms with Crippen LogP contribution in [0.4, 0.5) is 5.69 Å². The van der Waals surface area contributed by atoms with Crippen molar-refractivity contribution >= 4 is 28.7 Å². The lowest BCUT2D eigenvalue weighted by Gasteiger charge is -2.32. The number of anilines is 1. The largest absolute Gasteiger partial charge is 0.378 e. The number of amides is 1. The Kier molecular flexibility index (Phi) is 4.45. The predicted octanol–water partition coefficient (Wildman–Crippen LogP) is 3.02. The zero-order chi connectivity index (χ0) is 19.1. The molecule has 7 heteroatoms. The van der Waals surface area contributed by atoms with Crippen molar-refractivity contribution in [3.63, 3.8) is 0 Å². The van der Waals surface area contributed by atoms with Gasteiger partial charge in [0.2, 0.25) is 0 Å². The number of aromatic nitrogens is 2. The first-order valence-corrected chi connectivity index (χ1v) is 9.94. The van der Waals surface area contributed by atoms with E-state index in [0.717, 1.165) is 38.2 Å². The molecule has 144 valence electrons. The van der Waals surface area contributed by atoms with Crippen molar-refractivity contribution in [3.05, 3.63) is 64.4 Å². The third kappa shape index (κ3) is 3.23. The van der Waals surface area contributed by atoms with Gasteiger partial charge in [-0.25, -0.2) is 4.52 Å². The number of ether oxygens (including phenoxy) is 1. The summed E-state index contributed by atoms with van der Waals surface area (Å²) in [6.07, 6.45) is 2.58. The fourth-order valence-electron chi connectivity index (χ4n) is 3.96. The van der Waals surface area contributed by atoms with Gasteiger partial charge in [-0.2, -0.15) is 5.10 Å². The van der Waals surface area contributed by atoms with Gasteiger partial charge < -0.3 is 14.5 Å². The number of hydrogen-bond donors (Lipinski definition) is 0. The molecule has 1 saturated heterocycles. The second-order valence-electron chi connectivity index (χ2n) is 7.28. The third-order valence-corrected chi connectivity index (χ3v) is 5.73. The topological polar surface area (TPSA) is 50.1 Å². The van der Waals surface area contributed by atoms with Gasteiger partial charge in [-0.1, -0.05) is 17.7 Å². The van der Waals surface area contributed by atoms with Crippen molar-refractivity contribution in [3.8, 4) is 0 Å². The number of pyridine rings is 1. The number of rotatable bonds is 2. The number of benzene rings is 1. The molecule has 0 saturated carbocycles. The van der Waals surface area contributed by atoms with Gasteiger partial charge in [-0.15, -0.1) is 0 Å². The van der Waals surface area contributed by atoms with E-state index < -0.39 is 0 Å². The van der Waals surface area contributed by atoms with Crippen LogP contribution < -0.4 is 4.90 Å². The molecule has 0 spiro atoms. The Morgan fingerprint density at radius 2 is 1.89 bits per heavy atom. The highest BCUT2D eigenvalue weighted by atomic mass is 35.5. The van der Waals surface area contributed by atoms with Crippen molar-refractivity contribution in [1.82, 2.24) is 14.5 Å². The monoisotopic (exact) mass is 396 g/mol. The Morgan fingerprint density at radius 1 is 1.04 bits per heavy atom. The number of nitrogens with zero attached hydrogens (tertiary/aromatic N) is 4. The van der Waals surface area contributed by atoms with E-state index in [0.29, 0.717) is 23.8 Å². The molecule has 0 bridgehead atoms. The van der Waals surface area contributed by atoms with Crippen LogP contribution in [0.3, 0.4) is 0 Å². The average molecular weight is 397 g/mol. The van der Waals surface area contributed by atoms with Crippen molar-refractivity contribution in [2.45, 2.75) is 13.0 Å². The molecule has 0 atom stereocenters. The molecule has 0 unspecified atom stereocenters. The normalized spacial score (nSPS) is 17.0. The van der Waals surface area contributed by atoms with Crippen LogP contribution in [0, 0.1) is 0 Å². The van der Waals surface area contributed by atoms with Crippen molar-refractivity contribution in [2.75, 3.05) is 37.7 Å². The second kappa shape index (κ2) is 7.11. The van der Waals surface area contributed by atoms with Gasteiger partial charge in [0.05, 0.1) is 23.8 Å². The summed E-state index contributed by atoms with van der Waals surface area (Å²) in [6, 6.07) is 12.1. The summed E-state index contributed by atoms with van der Waals surface area (Å²) in [7, 11) is 0. The van der Waals surface area contributed by atoms with Gasteiger partial charge in [0.1, 0.15) is 0 Å². The first kappa shape index (κ1) is 17.5. The van der Waals surface area contributed by atoms with E-state index in [2.05, 4.69) is 28.2 Å². The minimum atomic E-state index is -0.0396. The molecule has 3 aromatic rings. The van der Waals surface area contributed by atoms with Crippen molar-refractivity contribution in [2.24, 2.45) is 0 Å². The Balaban J connectivity index is 1.38. The molecular formula is C21H21ClN4O2. The molecule has 1 aromatic carbocycles. The smallest absolute Gasteiger partial charge is 0.274 e. The summed E-state index contributed by atoms with van der Waals surface area (Å²) in [5, 5.41) is 5.01. The average Bonchev–Trinajstić information content (AvgIpc) is 3.16. The highest BCUT2D eigenvalue weighted by molar-refractivity contribution is 6.30. The number of carbonyl (C=O) groups is 1. The van der Waals surface area contributed by atoms with Crippen molar-refractivity contribution in [1.29, 1.82) is 0 Å².